The summed E-state index contributed by atoms with van der Waals surface area (Å²) in [5.41, 5.74) is 4.88. The van der Waals surface area contributed by atoms with Crippen LogP contribution in [0.15, 0.2) is 77.7 Å². The number of amides is 1. The molecule has 3 aromatic rings. The summed E-state index contributed by atoms with van der Waals surface area (Å²) in [5.74, 6) is -0.192. The highest BCUT2D eigenvalue weighted by molar-refractivity contribution is 7.89. The number of hydrogen-bond acceptors (Lipinski definition) is 4. The molecule has 0 N–H and O–H groups in total. The van der Waals surface area contributed by atoms with Gasteiger partial charge < -0.3 is 9.80 Å². The predicted molar refractivity (Wildman–Crippen MR) is 138 cm³/mol. The highest BCUT2D eigenvalue weighted by Crippen LogP contribution is 2.27. The third-order valence-corrected chi connectivity index (χ3v) is 8.85. The molecular weight excluding hydrogens is 458 g/mol. The minimum absolute atomic E-state index is 0.161. The van der Waals surface area contributed by atoms with E-state index in [9.17, 15) is 13.2 Å². The largest absolute Gasteiger partial charge is 0.371 e. The van der Waals surface area contributed by atoms with Gasteiger partial charge in [-0.15, -0.1) is 0 Å². The third-order valence-electron chi connectivity index (χ3n) is 7.01. The highest BCUT2D eigenvalue weighted by atomic mass is 32.2. The molecule has 6 nitrogen and oxygen atoms in total. The minimum Gasteiger partial charge on any atom is -0.371 e. The quantitative estimate of drug-likeness (QED) is 0.518. The van der Waals surface area contributed by atoms with Crippen LogP contribution in [0.25, 0.3) is 0 Å². The van der Waals surface area contributed by atoms with Crippen molar-refractivity contribution in [1.82, 2.24) is 9.21 Å². The molecule has 5 rings (SSSR count). The number of nitrogens with zero attached hydrogens (tertiary/aromatic N) is 3. The van der Waals surface area contributed by atoms with E-state index in [-0.39, 0.29) is 10.8 Å². The Hall–Kier alpha value is -3.16. The first-order chi connectivity index (χ1) is 16.9. The summed E-state index contributed by atoms with van der Waals surface area (Å²) >= 11 is 0. The van der Waals surface area contributed by atoms with Gasteiger partial charge in [0.05, 0.1) is 4.90 Å². The summed E-state index contributed by atoms with van der Waals surface area (Å²) in [5, 5.41) is 0. The van der Waals surface area contributed by atoms with E-state index >= 15 is 0 Å². The second kappa shape index (κ2) is 9.84. The second-order valence-electron chi connectivity index (χ2n) is 9.37. The number of rotatable bonds is 6. The van der Waals surface area contributed by atoms with Crippen molar-refractivity contribution in [3.05, 3.63) is 95.1 Å². The molecule has 0 bridgehead atoms. The number of fused-ring (bicyclic) bond motifs is 1. The molecule has 182 valence electrons. The summed E-state index contributed by atoms with van der Waals surface area (Å²) in [4.78, 5) is 17.5. The topological polar surface area (TPSA) is 60.9 Å². The van der Waals surface area contributed by atoms with Gasteiger partial charge in [-0.3, -0.25) is 4.79 Å². The lowest BCUT2D eigenvalue weighted by Gasteiger charge is -2.28. The fourth-order valence-electron chi connectivity index (χ4n) is 5.07. The molecule has 2 aliphatic rings. The maximum absolute atomic E-state index is 13.4. The average Bonchev–Trinajstić information content (AvgIpc) is 3.43. The average molecular weight is 490 g/mol. The Labute approximate surface area is 207 Å². The molecule has 1 fully saturated rings. The lowest BCUT2D eigenvalue weighted by molar-refractivity contribution is 0.0785. The lowest BCUT2D eigenvalue weighted by atomic mass is 10.0. The molecule has 2 aliphatic heterocycles. The highest BCUT2D eigenvalue weighted by Gasteiger charge is 2.29. The second-order valence-corrected chi connectivity index (χ2v) is 11.3. The minimum atomic E-state index is -3.71. The van der Waals surface area contributed by atoms with Crippen molar-refractivity contribution in [3.63, 3.8) is 0 Å². The van der Waals surface area contributed by atoms with E-state index in [0.29, 0.717) is 31.6 Å². The van der Waals surface area contributed by atoms with Crippen LogP contribution in [-0.2, 0) is 29.5 Å². The van der Waals surface area contributed by atoms with E-state index in [1.54, 1.807) is 30.1 Å². The molecular formula is C28H31N3O3S. The molecule has 1 saturated heterocycles. The summed E-state index contributed by atoms with van der Waals surface area (Å²) < 4.78 is 28.3. The lowest BCUT2D eigenvalue weighted by Crippen LogP contribution is -2.36. The molecule has 0 radical (unpaired) electrons. The first kappa shape index (κ1) is 23.6. The maximum Gasteiger partial charge on any atom is 0.253 e. The molecule has 0 spiro atoms. The first-order valence-corrected chi connectivity index (χ1v) is 13.6. The summed E-state index contributed by atoms with van der Waals surface area (Å²) in [6, 6.07) is 22.6. The number of carbonyl (C=O) groups is 1. The molecule has 0 atom stereocenters. The first-order valence-electron chi connectivity index (χ1n) is 12.2. The zero-order chi connectivity index (χ0) is 24.4. The Morgan fingerprint density at radius 2 is 1.60 bits per heavy atom. The van der Waals surface area contributed by atoms with Crippen LogP contribution in [0.2, 0.25) is 0 Å². The van der Waals surface area contributed by atoms with E-state index in [1.807, 2.05) is 30.3 Å². The van der Waals surface area contributed by atoms with Crippen molar-refractivity contribution in [2.24, 2.45) is 0 Å². The zero-order valence-corrected chi connectivity index (χ0v) is 20.9. The molecule has 1 amide bonds. The Morgan fingerprint density at radius 1 is 0.886 bits per heavy atom. The van der Waals surface area contributed by atoms with Gasteiger partial charge in [-0.2, -0.15) is 4.31 Å². The van der Waals surface area contributed by atoms with Crippen molar-refractivity contribution in [2.45, 2.75) is 37.2 Å². The fraction of sp³-hybridized carbons (Fsp3) is 0.321. The standard InChI is InChI=1S/C28H31N3O3S/c1-29(20-25-11-4-5-14-27(25)30-16-6-7-17-30)28(32)23-12-8-13-26(19-23)35(33,34)31-18-15-22-9-2-3-10-24(22)21-31/h2-5,8-14,19H,6-7,15-18,20-21H2,1H3. The summed E-state index contributed by atoms with van der Waals surface area (Å²) in [7, 11) is -1.94. The molecule has 0 aliphatic carbocycles. The molecule has 2 heterocycles. The number of para-hydroxylation sites is 1. The predicted octanol–water partition coefficient (Wildman–Crippen LogP) is 4.31. The fourth-order valence-corrected chi connectivity index (χ4v) is 6.54. The Kier molecular flexibility index (Phi) is 6.62. The monoisotopic (exact) mass is 489 g/mol. The third kappa shape index (κ3) is 4.83. The van der Waals surface area contributed by atoms with Crippen molar-refractivity contribution in [1.29, 1.82) is 0 Å². The van der Waals surface area contributed by atoms with Gasteiger partial charge in [-0.05, 0) is 60.2 Å². The Balaban J connectivity index is 1.34. The number of carbonyl (C=O) groups excluding carboxylic acids is 1. The van der Waals surface area contributed by atoms with Crippen molar-refractivity contribution >= 4 is 21.6 Å². The molecule has 3 aromatic carbocycles. The Bertz CT molecular complexity index is 1330. The van der Waals surface area contributed by atoms with Gasteiger partial charge in [-0.25, -0.2) is 8.42 Å². The number of sulfonamides is 1. The molecule has 0 saturated carbocycles. The smallest absolute Gasteiger partial charge is 0.253 e. The summed E-state index contributed by atoms with van der Waals surface area (Å²) in [6.07, 6.45) is 3.06. The van der Waals surface area contributed by atoms with E-state index < -0.39 is 10.0 Å². The van der Waals surface area contributed by atoms with E-state index in [2.05, 4.69) is 23.1 Å². The molecule has 7 heteroatoms. The molecule has 0 aromatic heterocycles. The van der Waals surface area contributed by atoms with Gasteiger partial charge in [0, 0.05) is 51.0 Å². The molecule has 35 heavy (non-hydrogen) atoms. The van der Waals surface area contributed by atoms with Gasteiger partial charge in [0.15, 0.2) is 0 Å². The van der Waals surface area contributed by atoms with Gasteiger partial charge in [0.25, 0.3) is 5.91 Å². The van der Waals surface area contributed by atoms with Gasteiger partial charge in [-0.1, -0.05) is 48.5 Å². The van der Waals surface area contributed by atoms with E-state index in [1.165, 1.54) is 34.5 Å². The Morgan fingerprint density at radius 3 is 2.40 bits per heavy atom. The van der Waals surface area contributed by atoms with Crippen LogP contribution in [0.3, 0.4) is 0 Å². The van der Waals surface area contributed by atoms with Crippen LogP contribution >= 0.6 is 0 Å². The number of benzene rings is 3. The van der Waals surface area contributed by atoms with Crippen molar-refractivity contribution < 1.29 is 13.2 Å². The van der Waals surface area contributed by atoms with Crippen molar-refractivity contribution in [3.8, 4) is 0 Å². The SMILES string of the molecule is CN(Cc1ccccc1N1CCCC1)C(=O)c1cccc(S(=O)(=O)N2CCc3ccccc3C2)c1. The number of anilines is 1. The van der Waals surface area contributed by atoms with Crippen LogP contribution in [0.1, 0.15) is 39.9 Å². The van der Waals surface area contributed by atoms with Gasteiger partial charge in [0.2, 0.25) is 10.0 Å². The summed E-state index contributed by atoms with van der Waals surface area (Å²) in [6.45, 7) is 3.32. The number of hydrogen-bond donors (Lipinski definition) is 0. The van der Waals surface area contributed by atoms with E-state index in [0.717, 1.165) is 24.2 Å². The van der Waals surface area contributed by atoms with Crippen LogP contribution in [0.5, 0.6) is 0 Å². The molecule has 0 unspecified atom stereocenters. The van der Waals surface area contributed by atoms with Crippen LogP contribution in [-0.4, -0.2) is 50.2 Å². The maximum atomic E-state index is 13.4. The van der Waals surface area contributed by atoms with E-state index in [4.69, 9.17) is 0 Å². The van der Waals surface area contributed by atoms with Crippen LogP contribution in [0, 0.1) is 0 Å². The van der Waals surface area contributed by atoms with Gasteiger partial charge in [0.1, 0.15) is 0 Å². The zero-order valence-electron chi connectivity index (χ0n) is 20.1. The van der Waals surface area contributed by atoms with Crippen LogP contribution in [0.4, 0.5) is 5.69 Å². The van der Waals surface area contributed by atoms with Crippen molar-refractivity contribution in [2.75, 3.05) is 31.6 Å². The van der Waals surface area contributed by atoms with Gasteiger partial charge >= 0.3 is 0 Å². The normalized spacial score (nSPS) is 16.2. The van der Waals surface area contributed by atoms with Crippen LogP contribution < -0.4 is 4.90 Å².